The largest absolute Gasteiger partial charge is 0.478 e. The predicted octanol–water partition coefficient (Wildman–Crippen LogP) is 2.11. The fourth-order valence-corrected chi connectivity index (χ4v) is 1.12. The summed E-state index contributed by atoms with van der Waals surface area (Å²) < 4.78 is 17.7. The van der Waals surface area contributed by atoms with Crippen molar-refractivity contribution >= 4 is 5.97 Å². The average molecular weight is 234 g/mol. The Bertz CT molecular complexity index is 525. The summed E-state index contributed by atoms with van der Waals surface area (Å²) in [6, 6.07) is 5.71. The molecule has 6 heteroatoms. The van der Waals surface area contributed by atoms with E-state index in [0.717, 1.165) is 12.4 Å². The number of nitrogens with zero attached hydrogens (tertiary/aromatic N) is 2. The number of benzene rings is 1. The van der Waals surface area contributed by atoms with Crippen LogP contribution in [-0.2, 0) is 0 Å². The number of carboxylic acids is 1. The molecule has 0 aliphatic carbocycles. The van der Waals surface area contributed by atoms with E-state index < -0.39 is 11.8 Å². The quantitative estimate of drug-likeness (QED) is 0.880. The van der Waals surface area contributed by atoms with E-state index in [2.05, 4.69) is 9.97 Å². The van der Waals surface area contributed by atoms with E-state index in [4.69, 9.17) is 9.84 Å². The summed E-state index contributed by atoms with van der Waals surface area (Å²) in [5, 5.41) is 8.69. The Morgan fingerprint density at radius 2 is 1.76 bits per heavy atom. The third kappa shape index (κ3) is 2.75. The van der Waals surface area contributed by atoms with E-state index in [-0.39, 0.29) is 11.6 Å². The van der Waals surface area contributed by atoms with Gasteiger partial charge in [0.05, 0.1) is 18.0 Å². The lowest BCUT2D eigenvalue weighted by Crippen LogP contribution is -1.96. The molecule has 0 aliphatic heterocycles. The fraction of sp³-hybridized carbons (Fsp3) is 0. The zero-order valence-corrected chi connectivity index (χ0v) is 8.50. The maximum atomic E-state index is 12.5. The van der Waals surface area contributed by atoms with Gasteiger partial charge in [-0.25, -0.2) is 19.2 Å². The molecule has 1 heterocycles. The molecule has 0 spiro atoms. The van der Waals surface area contributed by atoms with Crippen LogP contribution in [-0.4, -0.2) is 21.0 Å². The van der Waals surface area contributed by atoms with Crippen molar-refractivity contribution < 1.29 is 19.0 Å². The summed E-state index contributed by atoms with van der Waals surface area (Å²) >= 11 is 0. The van der Waals surface area contributed by atoms with Crippen molar-refractivity contribution in [1.29, 1.82) is 0 Å². The highest BCUT2D eigenvalue weighted by Crippen LogP contribution is 2.17. The first kappa shape index (κ1) is 11.0. The first-order valence-corrected chi connectivity index (χ1v) is 4.64. The first-order chi connectivity index (χ1) is 8.15. The van der Waals surface area contributed by atoms with E-state index in [1.54, 1.807) is 0 Å². The number of rotatable bonds is 3. The fourth-order valence-electron chi connectivity index (χ4n) is 1.12. The van der Waals surface area contributed by atoms with Gasteiger partial charge in [0.2, 0.25) is 0 Å². The molecule has 2 rings (SSSR count). The van der Waals surface area contributed by atoms with E-state index in [1.807, 2.05) is 0 Å². The Labute approximate surface area is 95.5 Å². The lowest BCUT2D eigenvalue weighted by Gasteiger charge is -2.03. The molecular weight excluding hydrogens is 227 g/mol. The van der Waals surface area contributed by atoms with Gasteiger partial charge >= 0.3 is 12.0 Å². The third-order valence-corrected chi connectivity index (χ3v) is 1.91. The summed E-state index contributed by atoms with van der Waals surface area (Å²) in [5.41, 5.74) is 0.150. The monoisotopic (exact) mass is 234 g/mol. The molecule has 1 aromatic heterocycles. The standard InChI is InChI=1S/C11H7FN2O3/c12-8-5-13-11(14-6-8)17-9-3-1-7(2-4-9)10(15)16/h1-6H,(H,15,16). The third-order valence-electron chi connectivity index (χ3n) is 1.91. The van der Waals surface area contributed by atoms with Gasteiger partial charge in [0.1, 0.15) is 5.75 Å². The van der Waals surface area contributed by atoms with Gasteiger partial charge in [0.15, 0.2) is 5.82 Å². The maximum Gasteiger partial charge on any atom is 0.335 e. The van der Waals surface area contributed by atoms with Crippen LogP contribution in [0.2, 0.25) is 0 Å². The summed E-state index contributed by atoms with van der Waals surface area (Å²) in [4.78, 5) is 17.8. The minimum Gasteiger partial charge on any atom is -0.478 e. The Balaban J connectivity index is 2.13. The van der Waals surface area contributed by atoms with Crippen molar-refractivity contribution in [3.8, 4) is 11.8 Å². The second-order valence-electron chi connectivity index (χ2n) is 3.12. The number of carbonyl (C=O) groups is 1. The highest BCUT2D eigenvalue weighted by Gasteiger charge is 2.04. The topological polar surface area (TPSA) is 72.3 Å². The minimum atomic E-state index is -1.02. The van der Waals surface area contributed by atoms with Gasteiger partial charge in [-0.3, -0.25) is 0 Å². The van der Waals surface area contributed by atoms with Gasteiger partial charge in [-0.15, -0.1) is 0 Å². The molecule has 1 N–H and O–H groups in total. The Kier molecular flexibility index (Phi) is 2.95. The first-order valence-electron chi connectivity index (χ1n) is 4.64. The molecular formula is C11H7FN2O3. The van der Waals surface area contributed by atoms with Gasteiger partial charge in [-0.05, 0) is 24.3 Å². The van der Waals surface area contributed by atoms with Crippen molar-refractivity contribution in [3.63, 3.8) is 0 Å². The molecule has 0 saturated carbocycles. The molecule has 17 heavy (non-hydrogen) atoms. The van der Waals surface area contributed by atoms with Gasteiger partial charge < -0.3 is 9.84 Å². The van der Waals surface area contributed by atoms with Gasteiger partial charge in [0.25, 0.3) is 0 Å². The number of aromatic carboxylic acids is 1. The van der Waals surface area contributed by atoms with E-state index in [0.29, 0.717) is 5.75 Å². The van der Waals surface area contributed by atoms with Crippen LogP contribution in [0.4, 0.5) is 4.39 Å². The Morgan fingerprint density at radius 3 is 2.29 bits per heavy atom. The number of aromatic nitrogens is 2. The van der Waals surface area contributed by atoms with Crippen LogP contribution in [0, 0.1) is 5.82 Å². The molecule has 0 unspecified atom stereocenters. The maximum absolute atomic E-state index is 12.5. The number of hydrogen-bond donors (Lipinski definition) is 1. The van der Waals surface area contributed by atoms with Crippen LogP contribution in [0.1, 0.15) is 10.4 Å². The molecule has 0 amide bonds. The van der Waals surface area contributed by atoms with Crippen molar-refractivity contribution in [2.24, 2.45) is 0 Å². The molecule has 0 radical (unpaired) electrons. The van der Waals surface area contributed by atoms with Crippen LogP contribution in [0.3, 0.4) is 0 Å². The van der Waals surface area contributed by atoms with Crippen molar-refractivity contribution in [1.82, 2.24) is 9.97 Å². The second kappa shape index (κ2) is 4.56. The number of hydrogen-bond acceptors (Lipinski definition) is 4. The molecule has 1 aromatic carbocycles. The molecule has 5 nitrogen and oxygen atoms in total. The lowest BCUT2D eigenvalue weighted by molar-refractivity contribution is 0.0697. The van der Waals surface area contributed by atoms with Crippen molar-refractivity contribution in [2.45, 2.75) is 0 Å². The minimum absolute atomic E-state index is 0.00512. The number of halogens is 1. The summed E-state index contributed by atoms with van der Waals surface area (Å²) in [6.07, 6.45) is 1.96. The average Bonchev–Trinajstić information content (AvgIpc) is 2.33. The van der Waals surface area contributed by atoms with Gasteiger partial charge in [-0.1, -0.05) is 0 Å². The smallest absolute Gasteiger partial charge is 0.335 e. The summed E-state index contributed by atoms with van der Waals surface area (Å²) in [5.74, 6) is -1.20. The van der Waals surface area contributed by atoms with E-state index >= 15 is 0 Å². The second-order valence-corrected chi connectivity index (χ2v) is 3.12. The zero-order valence-electron chi connectivity index (χ0n) is 8.50. The highest BCUT2D eigenvalue weighted by atomic mass is 19.1. The zero-order chi connectivity index (χ0) is 12.3. The molecule has 0 bridgehead atoms. The van der Waals surface area contributed by atoms with Crippen LogP contribution in [0.5, 0.6) is 11.8 Å². The lowest BCUT2D eigenvalue weighted by atomic mass is 10.2. The summed E-state index contributed by atoms with van der Waals surface area (Å²) in [6.45, 7) is 0. The van der Waals surface area contributed by atoms with Gasteiger partial charge in [-0.2, -0.15) is 0 Å². The Hall–Kier alpha value is -2.50. The molecule has 0 saturated heterocycles. The molecule has 86 valence electrons. The number of carboxylic acid groups (broad SMARTS) is 1. The van der Waals surface area contributed by atoms with Crippen molar-refractivity contribution in [3.05, 3.63) is 48.0 Å². The SMILES string of the molecule is O=C(O)c1ccc(Oc2ncc(F)cn2)cc1. The molecule has 0 atom stereocenters. The summed E-state index contributed by atoms with van der Waals surface area (Å²) in [7, 11) is 0. The van der Waals surface area contributed by atoms with Crippen LogP contribution < -0.4 is 4.74 Å². The van der Waals surface area contributed by atoms with Gasteiger partial charge in [0, 0.05) is 0 Å². The number of ether oxygens (including phenoxy) is 1. The molecule has 2 aromatic rings. The Morgan fingerprint density at radius 1 is 1.18 bits per heavy atom. The van der Waals surface area contributed by atoms with E-state index in [9.17, 15) is 9.18 Å². The highest BCUT2D eigenvalue weighted by molar-refractivity contribution is 5.87. The van der Waals surface area contributed by atoms with Crippen LogP contribution in [0.25, 0.3) is 0 Å². The molecule has 0 aliphatic rings. The normalized spacial score (nSPS) is 9.94. The van der Waals surface area contributed by atoms with Crippen LogP contribution >= 0.6 is 0 Å². The van der Waals surface area contributed by atoms with Crippen molar-refractivity contribution in [2.75, 3.05) is 0 Å². The molecule has 0 fully saturated rings. The van der Waals surface area contributed by atoms with Crippen LogP contribution in [0.15, 0.2) is 36.7 Å². The predicted molar refractivity (Wildman–Crippen MR) is 55.5 cm³/mol. The van der Waals surface area contributed by atoms with E-state index in [1.165, 1.54) is 24.3 Å².